The van der Waals surface area contributed by atoms with Gasteiger partial charge in [-0.3, -0.25) is 4.79 Å². The molecule has 2 N–H and O–H groups in total. The van der Waals surface area contributed by atoms with Crippen molar-refractivity contribution in [2.45, 2.75) is 13.3 Å². The molecule has 98 valence electrons. The van der Waals surface area contributed by atoms with Gasteiger partial charge in [0.05, 0.1) is 7.11 Å². The third-order valence-corrected chi connectivity index (χ3v) is 3.05. The number of para-hydroxylation sites is 1. The summed E-state index contributed by atoms with van der Waals surface area (Å²) >= 11 is 0. The van der Waals surface area contributed by atoms with E-state index in [1.165, 1.54) is 0 Å². The molecule has 0 heterocycles. The van der Waals surface area contributed by atoms with E-state index in [9.17, 15) is 4.79 Å². The van der Waals surface area contributed by atoms with Crippen LogP contribution in [0.1, 0.15) is 21.5 Å². The van der Waals surface area contributed by atoms with Crippen LogP contribution in [-0.2, 0) is 6.42 Å². The van der Waals surface area contributed by atoms with Crippen molar-refractivity contribution in [3.05, 3.63) is 59.2 Å². The Morgan fingerprint density at radius 1 is 1.21 bits per heavy atom. The van der Waals surface area contributed by atoms with E-state index in [2.05, 4.69) is 0 Å². The molecule has 0 radical (unpaired) electrons. The van der Waals surface area contributed by atoms with Crippen molar-refractivity contribution in [2.75, 3.05) is 12.8 Å². The van der Waals surface area contributed by atoms with E-state index >= 15 is 0 Å². The van der Waals surface area contributed by atoms with Gasteiger partial charge >= 0.3 is 0 Å². The van der Waals surface area contributed by atoms with E-state index in [0.29, 0.717) is 17.7 Å². The van der Waals surface area contributed by atoms with Gasteiger partial charge in [0.1, 0.15) is 5.75 Å². The van der Waals surface area contributed by atoms with Crippen LogP contribution in [0.25, 0.3) is 0 Å². The number of hydrogen-bond donors (Lipinski definition) is 1. The Hall–Kier alpha value is -2.29. The minimum absolute atomic E-state index is 0.00185. The predicted octanol–water partition coefficient (Wildman–Crippen LogP) is 3.01. The smallest absolute Gasteiger partial charge is 0.169 e. The van der Waals surface area contributed by atoms with Crippen molar-refractivity contribution in [1.29, 1.82) is 0 Å². The molecule has 0 aliphatic rings. The van der Waals surface area contributed by atoms with Crippen molar-refractivity contribution < 1.29 is 9.53 Å². The third kappa shape index (κ3) is 2.94. The molecule has 0 atom stereocenters. The molecule has 3 nitrogen and oxygen atoms in total. The summed E-state index contributed by atoms with van der Waals surface area (Å²) in [4.78, 5) is 12.3. The Morgan fingerprint density at radius 2 is 1.95 bits per heavy atom. The third-order valence-electron chi connectivity index (χ3n) is 3.05. The number of hydrogen-bond acceptors (Lipinski definition) is 3. The van der Waals surface area contributed by atoms with Gasteiger partial charge in [-0.05, 0) is 25.1 Å². The summed E-state index contributed by atoms with van der Waals surface area (Å²) < 4.78 is 5.28. The summed E-state index contributed by atoms with van der Waals surface area (Å²) in [6.07, 6.45) is 0.291. The molecule has 0 saturated heterocycles. The topological polar surface area (TPSA) is 52.3 Å². The zero-order valence-electron chi connectivity index (χ0n) is 11.1. The average molecular weight is 255 g/mol. The van der Waals surface area contributed by atoms with Crippen molar-refractivity contribution in [1.82, 2.24) is 0 Å². The Kier molecular flexibility index (Phi) is 3.85. The summed E-state index contributed by atoms with van der Waals surface area (Å²) in [7, 11) is 1.61. The maximum absolute atomic E-state index is 12.3. The summed E-state index contributed by atoms with van der Waals surface area (Å²) in [5, 5.41) is 0. The van der Waals surface area contributed by atoms with Crippen LogP contribution in [-0.4, -0.2) is 12.9 Å². The zero-order chi connectivity index (χ0) is 13.8. The van der Waals surface area contributed by atoms with E-state index in [1.54, 1.807) is 19.2 Å². The second-order valence-electron chi connectivity index (χ2n) is 4.50. The molecule has 0 bridgehead atoms. The number of rotatable bonds is 4. The molecule has 0 aromatic heterocycles. The van der Waals surface area contributed by atoms with Gasteiger partial charge in [-0.25, -0.2) is 0 Å². The first-order valence-electron chi connectivity index (χ1n) is 6.13. The van der Waals surface area contributed by atoms with Gasteiger partial charge in [-0.1, -0.05) is 29.8 Å². The van der Waals surface area contributed by atoms with Gasteiger partial charge in [-0.15, -0.1) is 0 Å². The van der Waals surface area contributed by atoms with Crippen LogP contribution in [0.5, 0.6) is 5.75 Å². The Morgan fingerprint density at radius 3 is 2.63 bits per heavy atom. The predicted molar refractivity (Wildman–Crippen MR) is 76.6 cm³/mol. The molecular formula is C16H17NO2. The van der Waals surface area contributed by atoms with Crippen molar-refractivity contribution in [2.24, 2.45) is 0 Å². The summed E-state index contributed by atoms with van der Waals surface area (Å²) in [6.45, 7) is 1.99. The normalized spacial score (nSPS) is 10.2. The molecule has 2 aromatic carbocycles. The zero-order valence-corrected chi connectivity index (χ0v) is 11.1. The fourth-order valence-corrected chi connectivity index (χ4v) is 2.06. The molecule has 0 saturated carbocycles. The second-order valence-corrected chi connectivity index (χ2v) is 4.50. The lowest BCUT2D eigenvalue weighted by Gasteiger charge is -2.10. The highest BCUT2D eigenvalue weighted by Crippen LogP contribution is 2.22. The highest BCUT2D eigenvalue weighted by Gasteiger charge is 2.13. The maximum atomic E-state index is 12.3. The average Bonchev–Trinajstić information content (AvgIpc) is 2.39. The van der Waals surface area contributed by atoms with E-state index < -0.39 is 0 Å². The molecule has 3 heteroatoms. The van der Waals surface area contributed by atoms with Crippen LogP contribution in [0.3, 0.4) is 0 Å². The summed E-state index contributed by atoms with van der Waals surface area (Å²) in [5.74, 6) is 0.732. The van der Waals surface area contributed by atoms with Crippen LogP contribution < -0.4 is 10.5 Å². The number of benzene rings is 2. The molecule has 0 unspecified atom stereocenters. The molecule has 2 rings (SSSR count). The van der Waals surface area contributed by atoms with Crippen LogP contribution in [0, 0.1) is 6.92 Å². The highest BCUT2D eigenvalue weighted by atomic mass is 16.5. The first-order valence-corrected chi connectivity index (χ1v) is 6.13. The lowest BCUT2D eigenvalue weighted by Crippen LogP contribution is -2.08. The van der Waals surface area contributed by atoms with Crippen LogP contribution in [0.2, 0.25) is 0 Å². The number of carbonyl (C=O) groups is 1. The van der Waals surface area contributed by atoms with E-state index in [1.807, 2.05) is 37.3 Å². The lowest BCUT2D eigenvalue weighted by atomic mass is 10.00. The monoisotopic (exact) mass is 255 g/mol. The lowest BCUT2D eigenvalue weighted by molar-refractivity contribution is 0.0993. The number of ether oxygens (including phenoxy) is 1. The van der Waals surface area contributed by atoms with Gasteiger partial charge in [0.25, 0.3) is 0 Å². The van der Waals surface area contributed by atoms with Crippen LogP contribution >= 0.6 is 0 Å². The SMILES string of the molecule is COc1ccc(C)cc1CC(=O)c1ccccc1N. The summed E-state index contributed by atoms with van der Waals surface area (Å²) in [6, 6.07) is 12.9. The van der Waals surface area contributed by atoms with E-state index in [-0.39, 0.29) is 5.78 Å². The molecule has 0 aliphatic carbocycles. The van der Waals surface area contributed by atoms with Crippen LogP contribution in [0.15, 0.2) is 42.5 Å². The van der Waals surface area contributed by atoms with Gasteiger partial charge in [-0.2, -0.15) is 0 Å². The number of carbonyl (C=O) groups excluding carboxylic acids is 1. The minimum atomic E-state index is 0.00185. The molecular weight excluding hydrogens is 238 g/mol. The van der Waals surface area contributed by atoms with E-state index in [0.717, 1.165) is 16.9 Å². The first-order chi connectivity index (χ1) is 9.11. The number of aryl methyl sites for hydroxylation is 1. The Balaban J connectivity index is 2.29. The minimum Gasteiger partial charge on any atom is -0.496 e. The highest BCUT2D eigenvalue weighted by molar-refractivity contribution is 6.02. The molecule has 0 amide bonds. The fourth-order valence-electron chi connectivity index (χ4n) is 2.06. The van der Waals surface area contributed by atoms with E-state index in [4.69, 9.17) is 10.5 Å². The largest absolute Gasteiger partial charge is 0.496 e. The van der Waals surface area contributed by atoms with Crippen molar-refractivity contribution in [3.63, 3.8) is 0 Å². The fraction of sp³-hybridized carbons (Fsp3) is 0.188. The van der Waals surface area contributed by atoms with Crippen molar-refractivity contribution in [3.8, 4) is 5.75 Å². The molecule has 0 fully saturated rings. The van der Waals surface area contributed by atoms with Gasteiger partial charge < -0.3 is 10.5 Å². The number of methoxy groups -OCH3 is 1. The number of nitrogen functional groups attached to an aromatic ring is 1. The second kappa shape index (κ2) is 5.57. The Labute approximate surface area is 113 Å². The number of ketones is 1. The maximum Gasteiger partial charge on any atom is 0.169 e. The quantitative estimate of drug-likeness (QED) is 0.675. The number of nitrogens with two attached hydrogens (primary N) is 1. The molecule has 19 heavy (non-hydrogen) atoms. The number of anilines is 1. The summed E-state index contributed by atoms with van der Waals surface area (Å²) in [5.41, 5.74) is 8.88. The molecule has 2 aromatic rings. The molecule has 0 spiro atoms. The molecule has 0 aliphatic heterocycles. The van der Waals surface area contributed by atoms with Gasteiger partial charge in [0.15, 0.2) is 5.78 Å². The van der Waals surface area contributed by atoms with Crippen molar-refractivity contribution >= 4 is 11.5 Å². The first kappa shape index (κ1) is 13.1. The number of Topliss-reactive ketones (excluding diaryl/α,β-unsaturated/α-hetero) is 1. The Bertz CT molecular complexity index is 605. The van der Waals surface area contributed by atoms with Gasteiger partial charge in [0, 0.05) is 23.2 Å². The van der Waals surface area contributed by atoms with Gasteiger partial charge in [0.2, 0.25) is 0 Å². The van der Waals surface area contributed by atoms with Crippen LogP contribution in [0.4, 0.5) is 5.69 Å². The standard InChI is InChI=1S/C16H17NO2/c1-11-7-8-16(19-2)12(9-11)10-15(18)13-5-3-4-6-14(13)17/h3-9H,10,17H2,1-2H3.